The van der Waals surface area contributed by atoms with Crippen molar-refractivity contribution >= 4 is 28.9 Å². The number of fused-ring (bicyclic) bond motifs is 4. The van der Waals surface area contributed by atoms with Crippen molar-refractivity contribution in [2.75, 3.05) is 13.2 Å². The number of nitrogens with zero attached hydrogens (tertiary/aromatic N) is 3. The van der Waals surface area contributed by atoms with Crippen LogP contribution in [-0.2, 0) is 21.5 Å². The lowest BCUT2D eigenvalue weighted by molar-refractivity contribution is -0.163. The largest absolute Gasteiger partial charge is 0.493 e. The van der Waals surface area contributed by atoms with Crippen LogP contribution in [0.1, 0.15) is 37.6 Å². The molecular weight excluding hydrogens is 404 g/mol. The van der Waals surface area contributed by atoms with Crippen LogP contribution in [0.3, 0.4) is 0 Å². The van der Waals surface area contributed by atoms with Crippen LogP contribution >= 0.6 is 0 Å². The Hall–Kier alpha value is -3.61. The van der Waals surface area contributed by atoms with E-state index in [0.29, 0.717) is 18.8 Å². The Balaban J connectivity index is 1.50. The second-order valence-electron chi connectivity index (χ2n) is 8.68. The molecule has 1 N–H and O–H groups in total. The number of aromatic nitrogens is 1. The van der Waals surface area contributed by atoms with E-state index < -0.39 is 11.6 Å². The molecule has 2 aliphatic rings. The minimum absolute atomic E-state index is 0.0817. The molecule has 0 bridgehead atoms. The van der Waals surface area contributed by atoms with Gasteiger partial charge in [-0.15, -0.1) is 0 Å². The molecule has 1 aromatic heterocycles. The minimum Gasteiger partial charge on any atom is -0.493 e. The topological polar surface area (TPSA) is 78.0 Å². The number of carbonyl (C=O) groups is 2. The molecule has 164 valence electrons. The average molecular weight is 431 g/mol. The molecule has 7 heteroatoms. The molecule has 1 saturated heterocycles. The predicted octanol–water partition coefficient (Wildman–Crippen LogP) is 3.43. The second-order valence-corrected chi connectivity index (χ2v) is 8.68. The van der Waals surface area contributed by atoms with Crippen LogP contribution in [0.4, 0.5) is 0 Å². The Morgan fingerprint density at radius 3 is 2.72 bits per heavy atom. The molecule has 0 aliphatic carbocycles. The number of hydrogen-bond acceptors (Lipinski definition) is 4. The first-order chi connectivity index (χ1) is 15.4. The number of aromatic amines is 1. The fraction of sp³-hybridized carbons (Fsp3) is 0.320. The molecule has 1 atom stereocenters. The number of hydrogen-bond donors (Lipinski definition) is 1. The number of hydrazone groups is 1. The highest BCUT2D eigenvalue weighted by Crippen LogP contribution is 2.42. The summed E-state index contributed by atoms with van der Waals surface area (Å²) in [5, 5.41) is 6.79. The lowest BCUT2D eigenvalue weighted by Gasteiger charge is -2.50. The first-order valence-corrected chi connectivity index (χ1v) is 10.9. The van der Waals surface area contributed by atoms with Gasteiger partial charge in [-0.2, -0.15) is 5.10 Å². The second kappa shape index (κ2) is 7.51. The summed E-state index contributed by atoms with van der Waals surface area (Å²) >= 11 is 0. The molecule has 32 heavy (non-hydrogen) atoms. The molecule has 7 nitrogen and oxygen atoms in total. The molecule has 2 amide bonds. The Kier molecular flexibility index (Phi) is 4.77. The summed E-state index contributed by atoms with van der Waals surface area (Å²) in [6, 6.07) is 15.0. The van der Waals surface area contributed by atoms with Gasteiger partial charge in [0, 0.05) is 28.6 Å². The molecular formula is C25H26N4O3. The van der Waals surface area contributed by atoms with E-state index >= 15 is 0 Å². The molecule has 1 unspecified atom stereocenters. The van der Waals surface area contributed by atoms with Gasteiger partial charge in [-0.3, -0.25) is 9.59 Å². The fourth-order valence-electron chi connectivity index (χ4n) is 4.97. The number of H-pyrrole nitrogens is 1. The van der Waals surface area contributed by atoms with Gasteiger partial charge in [0.1, 0.15) is 18.3 Å². The number of amides is 2. The van der Waals surface area contributed by atoms with Crippen LogP contribution in [0.25, 0.3) is 10.9 Å². The average Bonchev–Trinajstić information content (AvgIpc) is 3.16. The Morgan fingerprint density at radius 2 is 1.91 bits per heavy atom. The first-order valence-electron chi connectivity index (χ1n) is 10.9. The van der Waals surface area contributed by atoms with Gasteiger partial charge < -0.3 is 14.6 Å². The van der Waals surface area contributed by atoms with Crippen LogP contribution in [0, 0.1) is 0 Å². The van der Waals surface area contributed by atoms with Gasteiger partial charge in [0.2, 0.25) is 5.91 Å². The summed E-state index contributed by atoms with van der Waals surface area (Å²) in [4.78, 5) is 31.9. The third-order valence-corrected chi connectivity index (χ3v) is 6.39. The fourth-order valence-corrected chi connectivity index (χ4v) is 4.97. The molecule has 3 aromatic rings. The molecule has 2 aliphatic heterocycles. The van der Waals surface area contributed by atoms with E-state index in [9.17, 15) is 9.59 Å². The highest BCUT2D eigenvalue weighted by molar-refractivity contribution is 5.98. The number of carbonyl (C=O) groups excluding carboxylic acids is 2. The van der Waals surface area contributed by atoms with Crippen LogP contribution in [-0.4, -0.2) is 52.1 Å². The highest BCUT2D eigenvalue weighted by Gasteiger charge is 2.51. The van der Waals surface area contributed by atoms with Crippen molar-refractivity contribution in [1.29, 1.82) is 0 Å². The molecule has 0 spiro atoms. The minimum atomic E-state index is -0.624. The van der Waals surface area contributed by atoms with Gasteiger partial charge in [-0.25, -0.2) is 5.01 Å². The smallest absolute Gasteiger partial charge is 0.266 e. The summed E-state index contributed by atoms with van der Waals surface area (Å²) in [5.74, 6) is 0.413. The number of rotatable bonds is 4. The Labute approximate surface area is 186 Å². The maximum Gasteiger partial charge on any atom is 0.266 e. The number of ether oxygens (including phenoxy) is 1. The van der Waals surface area contributed by atoms with Crippen molar-refractivity contribution in [2.24, 2.45) is 5.10 Å². The van der Waals surface area contributed by atoms with Gasteiger partial charge in [0.25, 0.3) is 5.91 Å². The molecule has 2 aromatic carbocycles. The zero-order valence-corrected chi connectivity index (χ0v) is 18.5. The van der Waals surface area contributed by atoms with Crippen LogP contribution in [0.2, 0.25) is 0 Å². The third kappa shape index (κ3) is 3.07. The monoisotopic (exact) mass is 430 g/mol. The summed E-state index contributed by atoms with van der Waals surface area (Å²) in [7, 11) is 0. The standard InChI is InChI=1S/C25H26N4O3/c1-4-32-21-12-8-5-9-16(21)14-26-28-15-22(30)29-20(24(28)31)13-18-17-10-6-7-11-19(17)27-23(18)25(29,2)3/h5-12,14,20,27H,4,13,15H2,1-3H3/b26-14+. The van der Waals surface area contributed by atoms with E-state index in [2.05, 4.69) is 16.2 Å². The summed E-state index contributed by atoms with van der Waals surface area (Å²) in [6.07, 6.45) is 2.06. The summed E-state index contributed by atoms with van der Waals surface area (Å²) < 4.78 is 5.64. The number of para-hydroxylation sites is 2. The summed E-state index contributed by atoms with van der Waals surface area (Å²) in [5.41, 5.74) is 3.26. The van der Waals surface area contributed by atoms with Crippen molar-refractivity contribution < 1.29 is 14.3 Å². The van der Waals surface area contributed by atoms with E-state index in [0.717, 1.165) is 27.7 Å². The van der Waals surface area contributed by atoms with Crippen molar-refractivity contribution in [3.63, 3.8) is 0 Å². The first kappa shape index (κ1) is 20.3. The van der Waals surface area contributed by atoms with Gasteiger partial charge in [0.05, 0.1) is 18.4 Å². The highest BCUT2D eigenvalue weighted by atomic mass is 16.5. The molecule has 0 saturated carbocycles. The molecule has 3 heterocycles. The van der Waals surface area contributed by atoms with E-state index in [1.54, 1.807) is 11.1 Å². The van der Waals surface area contributed by atoms with Crippen molar-refractivity contribution in [3.8, 4) is 5.75 Å². The zero-order valence-electron chi connectivity index (χ0n) is 18.5. The number of piperazine rings is 1. The van der Waals surface area contributed by atoms with Crippen molar-refractivity contribution in [3.05, 3.63) is 65.4 Å². The van der Waals surface area contributed by atoms with E-state index in [1.165, 1.54) is 5.01 Å². The van der Waals surface area contributed by atoms with Gasteiger partial charge >= 0.3 is 0 Å². The predicted molar refractivity (Wildman–Crippen MR) is 123 cm³/mol. The van der Waals surface area contributed by atoms with Crippen molar-refractivity contribution in [1.82, 2.24) is 14.9 Å². The van der Waals surface area contributed by atoms with E-state index in [1.807, 2.05) is 63.2 Å². The number of benzene rings is 2. The Morgan fingerprint density at radius 1 is 1.16 bits per heavy atom. The zero-order chi connectivity index (χ0) is 22.5. The normalized spacial score (nSPS) is 20.0. The van der Waals surface area contributed by atoms with Gasteiger partial charge in [0.15, 0.2) is 0 Å². The maximum absolute atomic E-state index is 13.5. The Bertz CT molecular complexity index is 1240. The summed E-state index contributed by atoms with van der Waals surface area (Å²) in [6.45, 7) is 6.36. The van der Waals surface area contributed by atoms with Gasteiger partial charge in [-0.05, 0) is 44.5 Å². The van der Waals surface area contributed by atoms with Crippen LogP contribution in [0.5, 0.6) is 5.75 Å². The van der Waals surface area contributed by atoms with Gasteiger partial charge in [-0.1, -0.05) is 30.3 Å². The van der Waals surface area contributed by atoms with Crippen molar-refractivity contribution in [2.45, 2.75) is 38.8 Å². The molecule has 1 fully saturated rings. The van der Waals surface area contributed by atoms with E-state index in [4.69, 9.17) is 4.74 Å². The number of nitrogens with one attached hydrogen (secondary N) is 1. The van der Waals surface area contributed by atoms with Crippen LogP contribution < -0.4 is 4.74 Å². The quantitative estimate of drug-likeness (QED) is 0.644. The molecule has 0 radical (unpaired) electrons. The van der Waals surface area contributed by atoms with Crippen LogP contribution in [0.15, 0.2) is 53.6 Å². The lowest BCUT2D eigenvalue weighted by atomic mass is 9.82. The lowest BCUT2D eigenvalue weighted by Crippen LogP contribution is -2.66. The van der Waals surface area contributed by atoms with E-state index in [-0.39, 0.29) is 18.4 Å². The maximum atomic E-state index is 13.5. The molecule has 5 rings (SSSR count). The third-order valence-electron chi connectivity index (χ3n) is 6.39. The SMILES string of the molecule is CCOc1ccccc1/C=N/N1CC(=O)N2C(Cc3c([nH]c4ccccc34)C2(C)C)C1=O.